The van der Waals surface area contributed by atoms with Crippen LogP contribution in [-0.2, 0) is 11.3 Å². The number of aromatic nitrogens is 3. The molecule has 0 spiro atoms. The van der Waals surface area contributed by atoms with Crippen LogP contribution in [0.25, 0.3) is 5.69 Å². The number of benzene rings is 1. The van der Waals surface area contributed by atoms with Crippen LogP contribution in [-0.4, -0.2) is 51.8 Å². The molecule has 0 radical (unpaired) electrons. The van der Waals surface area contributed by atoms with Crippen LogP contribution in [0.3, 0.4) is 0 Å². The van der Waals surface area contributed by atoms with Crippen molar-refractivity contribution in [3.05, 3.63) is 46.6 Å². The molecule has 1 aliphatic rings. The molecule has 1 amide bonds. The van der Waals surface area contributed by atoms with Crippen molar-refractivity contribution in [1.29, 1.82) is 0 Å². The average molecular weight is 343 g/mol. The van der Waals surface area contributed by atoms with Gasteiger partial charge in [-0.1, -0.05) is 18.2 Å². The van der Waals surface area contributed by atoms with Gasteiger partial charge < -0.3 is 10.2 Å². The number of carbonyl (C=O) groups is 1. The number of carbonyl (C=O) groups excluding carboxylic acids is 1. The Bertz CT molecular complexity index is 775. The molecule has 25 heavy (non-hydrogen) atoms. The number of nitrogens with one attached hydrogen (secondary N) is 1. The minimum absolute atomic E-state index is 0.0316. The number of likely N-dealkylation sites (N-methyl/N-ethyl adjacent to an activating group) is 1. The zero-order valence-electron chi connectivity index (χ0n) is 14.8. The summed E-state index contributed by atoms with van der Waals surface area (Å²) in [4.78, 5) is 26.8. The SMILES string of the molecule is CCN(C)C(=O)Cn1nc(C2CCCNC2)n(-c2ccccc2)c1=O. The third kappa shape index (κ3) is 3.66. The van der Waals surface area contributed by atoms with Gasteiger partial charge in [-0.3, -0.25) is 4.79 Å². The first-order chi connectivity index (χ1) is 12.1. The van der Waals surface area contributed by atoms with Gasteiger partial charge in [0.15, 0.2) is 0 Å². The highest BCUT2D eigenvalue weighted by molar-refractivity contribution is 5.75. The van der Waals surface area contributed by atoms with Crippen LogP contribution in [0.15, 0.2) is 35.1 Å². The quantitative estimate of drug-likeness (QED) is 0.878. The molecule has 1 aromatic carbocycles. The fourth-order valence-electron chi connectivity index (χ4n) is 3.11. The average Bonchev–Trinajstić information content (AvgIpc) is 2.98. The second kappa shape index (κ2) is 7.65. The van der Waals surface area contributed by atoms with Crippen molar-refractivity contribution in [1.82, 2.24) is 24.6 Å². The summed E-state index contributed by atoms with van der Waals surface area (Å²) in [5, 5.41) is 7.92. The topological polar surface area (TPSA) is 72.2 Å². The lowest BCUT2D eigenvalue weighted by Crippen LogP contribution is -2.34. The lowest BCUT2D eigenvalue weighted by Gasteiger charge is -2.22. The minimum Gasteiger partial charge on any atom is -0.344 e. The minimum atomic E-state index is -0.260. The van der Waals surface area contributed by atoms with E-state index in [-0.39, 0.29) is 24.1 Å². The van der Waals surface area contributed by atoms with E-state index in [0.717, 1.165) is 37.4 Å². The Hall–Kier alpha value is -2.41. The molecule has 1 unspecified atom stereocenters. The van der Waals surface area contributed by atoms with Crippen LogP contribution in [0.1, 0.15) is 31.5 Å². The number of para-hydroxylation sites is 1. The summed E-state index contributed by atoms with van der Waals surface area (Å²) in [6.07, 6.45) is 2.04. The van der Waals surface area contributed by atoms with E-state index in [1.807, 2.05) is 37.3 Å². The van der Waals surface area contributed by atoms with Crippen molar-refractivity contribution in [2.45, 2.75) is 32.2 Å². The van der Waals surface area contributed by atoms with Gasteiger partial charge in [-0.2, -0.15) is 5.10 Å². The summed E-state index contributed by atoms with van der Waals surface area (Å²) in [7, 11) is 1.73. The van der Waals surface area contributed by atoms with Gasteiger partial charge in [-0.25, -0.2) is 14.0 Å². The predicted octanol–water partition coefficient (Wildman–Crippen LogP) is 0.979. The molecule has 1 aromatic heterocycles. The molecule has 1 N–H and O–H groups in total. The second-order valence-electron chi connectivity index (χ2n) is 6.42. The fourth-order valence-corrected chi connectivity index (χ4v) is 3.11. The predicted molar refractivity (Wildman–Crippen MR) is 96.0 cm³/mol. The summed E-state index contributed by atoms with van der Waals surface area (Å²) in [5.41, 5.74) is 0.528. The number of hydrogen-bond acceptors (Lipinski definition) is 4. The van der Waals surface area contributed by atoms with Gasteiger partial charge in [0.2, 0.25) is 5.91 Å². The molecule has 3 rings (SSSR count). The molecule has 7 nitrogen and oxygen atoms in total. The normalized spacial score (nSPS) is 17.4. The third-order valence-corrected chi connectivity index (χ3v) is 4.73. The van der Waals surface area contributed by atoms with Crippen LogP contribution in [0.4, 0.5) is 0 Å². The summed E-state index contributed by atoms with van der Waals surface area (Å²) < 4.78 is 2.95. The summed E-state index contributed by atoms with van der Waals surface area (Å²) in [6.45, 7) is 4.27. The van der Waals surface area contributed by atoms with Gasteiger partial charge in [0.05, 0.1) is 5.69 Å². The Labute approximate surface area is 147 Å². The molecule has 0 saturated carbocycles. The molecule has 0 aliphatic carbocycles. The molecule has 2 aromatic rings. The van der Waals surface area contributed by atoms with Gasteiger partial charge in [0, 0.05) is 26.1 Å². The van der Waals surface area contributed by atoms with E-state index in [0.29, 0.717) is 6.54 Å². The van der Waals surface area contributed by atoms with Crippen molar-refractivity contribution in [3.63, 3.8) is 0 Å². The number of amides is 1. The first-order valence-corrected chi connectivity index (χ1v) is 8.81. The second-order valence-corrected chi connectivity index (χ2v) is 6.42. The Balaban J connectivity index is 2.02. The highest BCUT2D eigenvalue weighted by Gasteiger charge is 2.25. The van der Waals surface area contributed by atoms with E-state index in [4.69, 9.17) is 0 Å². The van der Waals surface area contributed by atoms with E-state index >= 15 is 0 Å². The zero-order chi connectivity index (χ0) is 17.8. The number of piperidine rings is 1. The molecule has 1 atom stereocenters. The van der Waals surface area contributed by atoms with Crippen molar-refractivity contribution < 1.29 is 4.79 Å². The summed E-state index contributed by atoms with van der Waals surface area (Å²) in [5.74, 6) is 0.785. The standard InChI is InChI=1S/C18H25N5O2/c1-3-21(2)16(24)13-22-18(25)23(15-9-5-4-6-10-15)17(20-22)14-8-7-11-19-12-14/h4-6,9-10,14,19H,3,7-8,11-13H2,1-2H3. The molecule has 1 saturated heterocycles. The highest BCUT2D eigenvalue weighted by atomic mass is 16.2. The van der Waals surface area contributed by atoms with Gasteiger partial charge in [-0.05, 0) is 38.4 Å². The first kappa shape index (κ1) is 17.4. The lowest BCUT2D eigenvalue weighted by molar-refractivity contribution is -0.130. The molecule has 1 fully saturated rings. The molecule has 2 heterocycles. The Kier molecular flexibility index (Phi) is 5.33. The Morgan fingerprint density at radius 3 is 2.76 bits per heavy atom. The highest BCUT2D eigenvalue weighted by Crippen LogP contribution is 2.22. The summed E-state index contributed by atoms with van der Waals surface area (Å²) >= 11 is 0. The molecule has 0 bridgehead atoms. The maximum atomic E-state index is 13.0. The van der Waals surface area contributed by atoms with Crippen molar-refractivity contribution in [2.75, 3.05) is 26.7 Å². The van der Waals surface area contributed by atoms with Crippen molar-refractivity contribution in [3.8, 4) is 5.69 Å². The maximum Gasteiger partial charge on any atom is 0.351 e. The van der Waals surface area contributed by atoms with E-state index < -0.39 is 0 Å². The molecule has 134 valence electrons. The fraction of sp³-hybridized carbons (Fsp3) is 0.500. The van der Waals surface area contributed by atoms with Gasteiger partial charge in [0.25, 0.3) is 0 Å². The summed E-state index contributed by atoms with van der Waals surface area (Å²) in [6, 6.07) is 9.51. The zero-order valence-corrected chi connectivity index (χ0v) is 14.8. The number of nitrogens with zero attached hydrogens (tertiary/aromatic N) is 4. The molecule has 7 heteroatoms. The van der Waals surface area contributed by atoms with Gasteiger partial charge >= 0.3 is 5.69 Å². The molecular weight excluding hydrogens is 318 g/mol. The smallest absolute Gasteiger partial charge is 0.344 e. The monoisotopic (exact) mass is 343 g/mol. The first-order valence-electron chi connectivity index (χ1n) is 8.81. The van der Waals surface area contributed by atoms with Crippen LogP contribution in [0.2, 0.25) is 0 Å². The largest absolute Gasteiger partial charge is 0.351 e. The van der Waals surface area contributed by atoms with Crippen molar-refractivity contribution >= 4 is 5.91 Å². The van der Waals surface area contributed by atoms with E-state index in [1.165, 1.54) is 4.68 Å². The lowest BCUT2D eigenvalue weighted by atomic mass is 9.99. The maximum absolute atomic E-state index is 13.0. The molecule has 1 aliphatic heterocycles. The van der Waals surface area contributed by atoms with E-state index in [1.54, 1.807) is 16.5 Å². The Morgan fingerprint density at radius 1 is 1.36 bits per heavy atom. The van der Waals surface area contributed by atoms with Gasteiger partial charge in [-0.15, -0.1) is 0 Å². The number of hydrogen-bond donors (Lipinski definition) is 1. The third-order valence-electron chi connectivity index (χ3n) is 4.73. The van der Waals surface area contributed by atoms with E-state index in [9.17, 15) is 9.59 Å². The van der Waals surface area contributed by atoms with Crippen LogP contribution >= 0.6 is 0 Å². The van der Waals surface area contributed by atoms with Crippen LogP contribution in [0, 0.1) is 0 Å². The van der Waals surface area contributed by atoms with Crippen LogP contribution < -0.4 is 11.0 Å². The molecular formula is C18H25N5O2. The number of rotatable bonds is 5. The van der Waals surface area contributed by atoms with Crippen molar-refractivity contribution in [2.24, 2.45) is 0 Å². The van der Waals surface area contributed by atoms with Gasteiger partial charge in [0.1, 0.15) is 12.4 Å². The Morgan fingerprint density at radius 2 is 2.12 bits per heavy atom. The van der Waals surface area contributed by atoms with Crippen LogP contribution in [0.5, 0.6) is 0 Å². The van der Waals surface area contributed by atoms with E-state index in [2.05, 4.69) is 10.4 Å².